The fourth-order valence-corrected chi connectivity index (χ4v) is 5.08. The van der Waals surface area contributed by atoms with Crippen LogP contribution in [0.4, 0.5) is 0 Å². The van der Waals surface area contributed by atoms with Crippen molar-refractivity contribution >= 4 is 34.7 Å². The second-order valence-corrected chi connectivity index (χ2v) is 10.4. The summed E-state index contributed by atoms with van der Waals surface area (Å²) in [5.74, 6) is 0.546. The van der Waals surface area contributed by atoms with Gasteiger partial charge in [-0.2, -0.15) is 5.10 Å². The van der Waals surface area contributed by atoms with E-state index in [1.165, 1.54) is 5.56 Å². The van der Waals surface area contributed by atoms with E-state index in [4.69, 9.17) is 4.74 Å². The molecule has 194 valence electrons. The van der Waals surface area contributed by atoms with Gasteiger partial charge in [-0.15, -0.1) is 0 Å². The number of halogens is 1. The third-order valence-electron chi connectivity index (χ3n) is 6.35. The summed E-state index contributed by atoms with van der Waals surface area (Å²) in [5.41, 5.74) is 10.7. The SMILES string of the molecule is Cc1cccc(COc2ccc(/C=N/NC(=O)c3ccc(-n4c(C)ccc4-c4ccccc4)cc3)cc2I)c1. The van der Waals surface area contributed by atoms with Crippen molar-refractivity contribution in [2.24, 2.45) is 5.10 Å². The lowest BCUT2D eigenvalue weighted by Gasteiger charge is -2.12. The molecule has 39 heavy (non-hydrogen) atoms. The van der Waals surface area contributed by atoms with Gasteiger partial charge < -0.3 is 9.30 Å². The minimum Gasteiger partial charge on any atom is -0.488 e. The maximum atomic E-state index is 12.7. The molecule has 0 aliphatic rings. The molecule has 4 aromatic carbocycles. The van der Waals surface area contributed by atoms with Crippen molar-refractivity contribution in [3.05, 3.63) is 141 Å². The highest BCUT2D eigenvalue weighted by Gasteiger charge is 2.11. The van der Waals surface area contributed by atoms with Crippen LogP contribution in [0.5, 0.6) is 5.75 Å². The van der Waals surface area contributed by atoms with Crippen LogP contribution < -0.4 is 10.2 Å². The van der Waals surface area contributed by atoms with Crippen LogP contribution in [0.15, 0.2) is 114 Å². The maximum absolute atomic E-state index is 12.7. The van der Waals surface area contributed by atoms with Gasteiger partial charge in [0.05, 0.1) is 15.5 Å². The molecule has 1 N–H and O–H groups in total. The van der Waals surface area contributed by atoms with Gasteiger partial charge in [0.2, 0.25) is 0 Å². The molecule has 0 unspecified atom stereocenters. The van der Waals surface area contributed by atoms with Crippen molar-refractivity contribution in [3.8, 4) is 22.7 Å². The average Bonchev–Trinajstić information content (AvgIpc) is 3.34. The van der Waals surface area contributed by atoms with Gasteiger partial charge in [0.1, 0.15) is 12.4 Å². The first-order chi connectivity index (χ1) is 19.0. The summed E-state index contributed by atoms with van der Waals surface area (Å²) < 4.78 is 9.15. The van der Waals surface area contributed by atoms with Gasteiger partial charge in [-0.3, -0.25) is 4.79 Å². The van der Waals surface area contributed by atoms with Gasteiger partial charge in [-0.05, 0) is 108 Å². The number of hydrogen-bond donors (Lipinski definition) is 1. The fraction of sp³-hybridized carbons (Fsp3) is 0.0909. The summed E-state index contributed by atoms with van der Waals surface area (Å²) in [4.78, 5) is 12.7. The summed E-state index contributed by atoms with van der Waals surface area (Å²) in [6, 6.07) is 36.1. The Labute approximate surface area is 242 Å². The molecule has 0 radical (unpaired) electrons. The van der Waals surface area contributed by atoms with Crippen molar-refractivity contribution in [2.45, 2.75) is 20.5 Å². The number of nitrogens with zero attached hydrogens (tertiary/aromatic N) is 2. The summed E-state index contributed by atoms with van der Waals surface area (Å²) in [6.45, 7) is 4.66. The van der Waals surface area contributed by atoms with Gasteiger partial charge in [0, 0.05) is 16.9 Å². The van der Waals surface area contributed by atoms with Crippen LogP contribution in [0, 0.1) is 17.4 Å². The van der Waals surface area contributed by atoms with Crippen LogP contribution in [0.1, 0.15) is 32.7 Å². The molecule has 0 aliphatic carbocycles. The Morgan fingerprint density at radius 3 is 2.44 bits per heavy atom. The molecule has 0 saturated carbocycles. The molecule has 1 heterocycles. The molecular weight excluding hydrogens is 597 g/mol. The zero-order chi connectivity index (χ0) is 27.2. The van der Waals surface area contributed by atoms with E-state index in [2.05, 4.69) is 94.0 Å². The highest BCUT2D eigenvalue weighted by molar-refractivity contribution is 14.1. The van der Waals surface area contributed by atoms with E-state index < -0.39 is 0 Å². The molecule has 0 spiro atoms. The number of amides is 1. The molecule has 0 saturated heterocycles. The highest BCUT2D eigenvalue weighted by Crippen LogP contribution is 2.27. The van der Waals surface area contributed by atoms with E-state index in [9.17, 15) is 4.79 Å². The van der Waals surface area contributed by atoms with Crippen LogP contribution in [0.3, 0.4) is 0 Å². The predicted octanol–water partition coefficient (Wildman–Crippen LogP) is 7.71. The number of aryl methyl sites for hydroxylation is 2. The Kier molecular flexibility index (Phi) is 8.22. The minimum atomic E-state index is -0.266. The second kappa shape index (κ2) is 12.1. The fourth-order valence-electron chi connectivity index (χ4n) is 4.38. The summed E-state index contributed by atoms with van der Waals surface area (Å²) in [6.07, 6.45) is 1.63. The second-order valence-electron chi connectivity index (χ2n) is 9.27. The van der Waals surface area contributed by atoms with Crippen LogP contribution >= 0.6 is 22.6 Å². The zero-order valence-electron chi connectivity index (χ0n) is 21.8. The lowest BCUT2D eigenvalue weighted by Crippen LogP contribution is -2.17. The Hall–Kier alpha value is -4.17. The predicted molar refractivity (Wildman–Crippen MR) is 166 cm³/mol. The van der Waals surface area contributed by atoms with Gasteiger partial charge in [0.25, 0.3) is 5.91 Å². The first kappa shape index (κ1) is 26.4. The maximum Gasteiger partial charge on any atom is 0.271 e. The third-order valence-corrected chi connectivity index (χ3v) is 7.19. The Morgan fingerprint density at radius 2 is 1.69 bits per heavy atom. The lowest BCUT2D eigenvalue weighted by molar-refractivity contribution is 0.0955. The van der Waals surface area contributed by atoms with Crippen molar-refractivity contribution in [1.29, 1.82) is 0 Å². The van der Waals surface area contributed by atoms with Gasteiger partial charge in [-0.25, -0.2) is 5.43 Å². The van der Waals surface area contributed by atoms with Crippen molar-refractivity contribution in [2.75, 3.05) is 0 Å². The van der Waals surface area contributed by atoms with Gasteiger partial charge in [0.15, 0.2) is 0 Å². The molecule has 5 aromatic rings. The topological polar surface area (TPSA) is 55.6 Å². The number of hydrazone groups is 1. The Balaban J connectivity index is 1.21. The van der Waals surface area contributed by atoms with Crippen molar-refractivity contribution in [1.82, 2.24) is 9.99 Å². The highest BCUT2D eigenvalue weighted by atomic mass is 127. The number of carbonyl (C=O) groups is 1. The molecule has 5 rings (SSSR count). The minimum absolute atomic E-state index is 0.266. The standard InChI is InChI=1S/C33H28IN3O2/c1-23-7-6-8-26(19-23)22-39-32-18-12-25(20-30(32)34)21-35-36-33(38)28-13-15-29(16-14-28)37-24(2)11-17-31(37)27-9-4-3-5-10-27/h3-21H,22H2,1-2H3,(H,36,38)/b35-21+. The quantitative estimate of drug-likeness (QED) is 0.109. The normalized spacial score (nSPS) is 11.1. The first-order valence-electron chi connectivity index (χ1n) is 12.6. The molecule has 1 aromatic heterocycles. The number of benzene rings is 4. The van der Waals surface area contributed by atoms with E-state index >= 15 is 0 Å². The van der Waals surface area contributed by atoms with Crippen molar-refractivity contribution < 1.29 is 9.53 Å². The smallest absolute Gasteiger partial charge is 0.271 e. The number of nitrogens with one attached hydrogen (secondary N) is 1. The summed E-state index contributed by atoms with van der Waals surface area (Å²) in [5, 5.41) is 4.16. The van der Waals surface area contributed by atoms with E-state index in [1.54, 1.807) is 6.21 Å². The first-order valence-corrected chi connectivity index (χ1v) is 13.7. The zero-order valence-corrected chi connectivity index (χ0v) is 23.9. The number of ether oxygens (including phenoxy) is 1. The molecule has 0 aliphatic heterocycles. The monoisotopic (exact) mass is 625 g/mol. The van der Waals surface area contributed by atoms with E-state index in [-0.39, 0.29) is 5.91 Å². The Bertz CT molecular complexity index is 1620. The molecular formula is C33H28IN3O2. The molecule has 5 nitrogen and oxygen atoms in total. The number of carbonyl (C=O) groups excluding carboxylic acids is 1. The lowest BCUT2D eigenvalue weighted by atomic mass is 10.1. The molecule has 6 heteroatoms. The van der Waals surface area contributed by atoms with Crippen LogP contribution in [-0.4, -0.2) is 16.7 Å². The van der Waals surface area contributed by atoms with Crippen LogP contribution in [0.25, 0.3) is 16.9 Å². The van der Waals surface area contributed by atoms with Crippen molar-refractivity contribution in [3.63, 3.8) is 0 Å². The van der Waals surface area contributed by atoms with Crippen LogP contribution in [-0.2, 0) is 6.61 Å². The number of aromatic nitrogens is 1. The molecule has 0 fully saturated rings. The average molecular weight is 626 g/mol. The number of hydrogen-bond acceptors (Lipinski definition) is 3. The van der Waals surface area contributed by atoms with E-state index in [0.717, 1.165) is 43.1 Å². The summed E-state index contributed by atoms with van der Waals surface area (Å²) >= 11 is 2.25. The third kappa shape index (κ3) is 6.46. The number of rotatable bonds is 8. The molecule has 0 atom stereocenters. The van der Waals surface area contributed by atoms with Gasteiger partial charge >= 0.3 is 0 Å². The van der Waals surface area contributed by atoms with Gasteiger partial charge in [-0.1, -0.05) is 60.2 Å². The largest absolute Gasteiger partial charge is 0.488 e. The Morgan fingerprint density at radius 1 is 0.897 bits per heavy atom. The summed E-state index contributed by atoms with van der Waals surface area (Å²) in [7, 11) is 0. The van der Waals surface area contributed by atoms with E-state index in [0.29, 0.717) is 12.2 Å². The molecule has 0 bridgehead atoms. The van der Waals surface area contributed by atoms with Crippen LogP contribution in [0.2, 0.25) is 0 Å². The van der Waals surface area contributed by atoms with E-state index in [1.807, 2.05) is 66.7 Å². The molecule has 1 amide bonds.